The van der Waals surface area contributed by atoms with E-state index in [-0.39, 0.29) is 0 Å². The molecule has 0 amide bonds. The molecule has 0 radical (unpaired) electrons. The number of nitrogens with zero attached hydrogens (tertiary/aromatic N) is 1. The number of sulfonamides is 1. The van der Waals surface area contributed by atoms with Gasteiger partial charge in [-0.2, -0.15) is 4.31 Å². The van der Waals surface area contributed by atoms with E-state index in [4.69, 9.17) is 5.11 Å². The molecule has 102 valence electrons. The van der Waals surface area contributed by atoms with E-state index in [0.717, 1.165) is 13.3 Å². The third-order valence-corrected chi connectivity index (χ3v) is 5.66. The Morgan fingerprint density at radius 1 is 1.18 bits per heavy atom. The smallest absolute Gasteiger partial charge is 0.324 e. The monoisotopic (exact) mass is 287 g/mol. The zero-order valence-corrected chi connectivity index (χ0v) is 11.8. The lowest BCUT2D eigenvalue weighted by molar-refractivity contribution is -0.145. The number of rotatable bonds is 6. The van der Waals surface area contributed by atoms with Crippen molar-refractivity contribution in [2.24, 2.45) is 0 Å². The molecule has 0 bridgehead atoms. The first-order chi connectivity index (χ1) is 7.31. The summed E-state index contributed by atoms with van der Waals surface area (Å²) in [6.45, 7) is 2.46. The van der Waals surface area contributed by atoms with Crippen LogP contribution in [-0.2, 0) is 24.7 Å². The molecule has 0 aliphatic carbocycles. The van der Waals surface area contributed by atoms with Crippen LogP contribution in [0.5, 0.6) is 0 Å². The van der Waals surface area contributed by atoms with E-state index in [2.05, 4.69) is 0 Å². The summed E-state index contributed by atoms with van der Waals surface area (Å²) in [5.41, 5.74) is -1.61. The maximum atomic E-state index is 11.7. The van der Waals surface area contributed by atoms with Gasteiger partial charge in [0.15, 0.2) is 0 Å². The molecular weight excluding hydrogens is 270 g/mol. The quantitative estimate of drug-likeness (QED) is 0.682. The molecule has 9 heteroatoms. The highest BCUT2D eigenvalue weighted by atomic mass is 32.2. The van der Waals surface area contributed by atoms with Crippen molar-refractivity contribution in [2.45, 2.75) is 19.4 Å². The van der Waals surface area contributed by atoms with E-state index in [1.165, 1.54) is 13.8 Å². The number of carbonyl (C=O) groups is 1. The van der Waals surface area contributed by atoms with Gasteiger partial charge < -0.3 is 5.11 Å². The van der Waals surface area contributed by atoms with Gasteiger partial charge in [-0.1, -0.05) is 0 Å². The van der Waals surface area contributed by atoms with Gasteiger partial charge in [0.2, 0.25) is 10.0 Å². The molecule has 0 aromatic rings. The molecule has 0 atom stereocenters. The van der Waals surface area contributed by atoms with E-state index in [9.17, 15) is 21.6 Å². The third kappa shape index (κ3) is 4.60. The predicted octanol–water partition coefficient (Wildman–Crippen LogP) is -0.844. The Labute approximate surface area is 101 Å². The van der Waals surface area contributed by atoms with Crippen molar-refractivity contribution in [1.29, 1.82) is 0 Å². The van der Waals surface area contributed by atoms with Crippen molar-refractivity contribution in [3.05, 3.63) is 0 Å². The SMILES string of the molecule is CN(C(C)(C)C(=O)O)S(=O)(=O)CCS(C)(=O)=O. The zero-order chi connectivity index (χ0) is 14.1. The van der Waals surface area contributed by atoms with Gasteiger partial charge in [0.1, 0.15) is 15.4 Å². The molecule has 17 heavy (non-hydrogen) atoms. The van der Waals surface area contributed by atoms with Gasteiger partial charge in [-0.05, 0) is 13.8 Å². The summed E-state index contributed by atoms with van der Waals surface area (Å²) in [4.78, 5) is 10.9. The molecule has 0 aromatic carbocycles. The molecule has 0 aliphatic rings. The number of aliphatic carboxylic acids is 1. The van der Waals surface area contributed by atoms with Crippen LogP contribution < -0.4 is 0 Å². The van der Waals surface area contributed by atoms with E-state index in [1.807, 2.05) is 0 Å². The van der Waals surface area contributed by atoms with Crippen molar-refractivity contribution < 1.29 is 26.7 Å². The van der Waals surface area contributed by atoms with Crippen molar-refractivity contribution in [3.63, 3.8) is 0 Å². The van der Waals surface area contributed by atoms with Crippen LogP contribution in [0.15, 0.2) is 0 Å². The molecule has 0 aliphatic heterocycles. The summed E-state index contributed by atoms with van der Waals surface area (Å²) in [7, 11) is -6.22. The Morgan fingerprint density at radius 2 is 1.59 bits per heavy atom. The molecule has 0 rings (SSSR count). The van der Waals surface area contributed by atoms with Crippen molar-refractivity contribution in [3.8, 4) is 0 Å². The van der Waals surface area contributed by atoms with E-state index >= 15 is 0 Å². The van der Waals surface area contributed by atoms with Crippen LogP contribution in [0.1, 0.15) is 13.8 Å². The molecule has 0 saturated carbocycles. The molecule has 0 spiro atoms. The van der Waals surface area contributed by atoms with Gasteiger partial charge in [-0.3, -0.25) is 4.79 Å². The first kappa shape index (κ1) is 16.3. The maximum Gasteiger partial charge on any atom is 0.324 e. The van der Waals surface area contributed by atoms with E-state index < -0.39 is 42.9 Å². The van der Waals surface area contributed by atoms with Gasteiger partial charge in [-0.25, -0.2) is 16.8 Å². The lowest BCUT2D eigenvalue weighted by Gasteiger charge is -2.30. The number of hydrogen-bond acceptors (Lipinski definition) is 5. The second-order valence-electron chi connectivity index (χ2n) is 4.28. The maximum absolute atomic E-state index is 11.7. The summed E-state index contributed by atoms with van der Waals surface area (Å²) in [6, 6.07) is 0. The molecule has 7 nitrogen and oxygen atoms in total. The van der Waals surface area contributed by atoms with Crippen LogP contribution in [0.2, 0.25) is 0 Å². The molecule has 0 aromatic heterocycles. The topological polar surface area (TPSA) is 109 Å². The summed E-state index contributed by atoms with van der Waals surface area (Å²) in [5.74, 6) is -2.46. The first-order valence-electron chi connectivity index (χ1n) is 4.68. The standard InChI is InChI=1S/C8H17NO6S2/c1-8(2,7(10)11)9(3)17(14,15)6-5-16(4,12)13/h5-6H2,1-4H3,(H,10,11). The van der Waals surface area contributed by atoms with Crippen molar-refractivity contribution >= 4 is 25.8 Å². The van der Waals surface area contributed by atoms with Crippen LogP contribution in [0, 0.1) is 0 Å². The molecular formula is C8H17NO6S2. The van der Waals surface area contributed by atoms with Gasteiger partial charge in [-0.15, -0.1) is 0 Å². The summed E-state index contributed by atoms with van der Waals surface area (Å²) >= 11 is 0. The molecule has 0 unspecified atom stereocenters. The number of carboxylic acids is 1. The lowest BCUT2D eigenvalue weighted by Crippen LogP contribution is -2.51. The zero-order valence-electron chi connectivity index (χ0n) is 10.2. The summed E-state index contributed by atoms with van der Waals surface area (Å²) < 4.78 is 45.9. The first-order valence-corrected chi connectivity index (χ1v) is 8.35. The number of hydrogen-bond donors (Lipinski definition) is 1. The Morgan fingerprint density at radius 3 is 1.88 bits per heavy atom. The van der Waals surface area contributed by atoms with Crippen molar-refractivity contribution in [2.75, 3.05) is 24.8 Å². The number of carboxylic acid groups (broad SMARTS) is 1. The average Bonchev–Trinajstić information content (AvgIpc) is 2.12. The number of likely N-dealkylation sites (N-methyl/N-ethyl adjacent to an activating group) is 1. The fraction of sp³-hybridized carbons (Fsp3) is 0.875. The van der Waals surface area contributed by atoms with E-state index in [1.54, 1.807) is 0 Å². The Bertz CT molecular complexity index is 490. The normalized spacial score (nSPS) is 13.9. The highest BCUT2D eigenvalue weighted by Crippen LogP contribution is 2.17. The van der Waals surface area contributed by atoms with Crippen LogP contribution in [0.3, 0.4) is 0 Å². The highest BCUT2D eigenvalue weighted by Gasteiger charge is 2.39. The Balaban J connectivity index is 5.03. The second kappa shape index (κ2) is 4.91. The Hall–Kier alpha value is -0.670. The number of sulfone groups is 1. The fourth-order valence-electron chi connectivity index (χ4n) is 0.876. The lowest BCUT2D eigenvalue weighted by atomic mass is 10.1. The Kier molecular flexibility index (Phi) is 4.71. The second-order valence-corrected chi connectivity index (χ2v) is 8.66. The molecule has 0 heterocycles. The van der Waals surface area contributed by atoms with Gasteiger partial charge >= 0.3 is 5.97 Å². The molecule has 0 saturated heterocycles. The summed E-state index contributed by atoms with van der Waals surface area (Å²) in [6.07, 6.45) is 0.921. The average molecular weight is 287 g/mol. The van der Waals surface area contributed by atoms with Gasteiger partial charge in [0.25, 0.3) is 0 Å². The third-order valence-electron chi connectivity index (χ3n) is 2.44. The minimum Gasteiger partial charge on any atom is -0.480 e. The predicted molar refractivity (Wildman–Crippen MR) is 63.0 cm³/mol. The minimum atomic E-state index is -3.92. The van der Waals surface area contributed by atoms with Crippen LogP contribution in [-0.4, -0.2) is 62.6 Å². The molecule has 1 N–H and O–H groups in total. The van der Waals surface area contributed by atoms with Crippen molar-refractivity contribution in [1.82, 2.24) is 4.31 Å². The fourth-order valence-corrected chi connectivity index (χ4v) is 3.98. The highest BCUT2D eigenvalue weighted by molar-refractivity contribution is 7.93. The van der Waals surface area contributed by atoms with Crippen LogP contribution in [0.25, 0.3) is 0 Å². The van der Waals surface area contributed by atoms with Gasteiger partial charge in [0, 0.05) is 13.3 Å². The van der Waals surface area contributed by atoms with Crippen LogP contribution >= 0.6 is 0 Å². The van der Waals surface area contributed by atoms with Gasteiger partial charge in [0.05, 0.1) is 11.5 Å². The van der Waals surface area contributed by atoms with E-state index in [0.29, 0.717) is 4.31 Å². The van der Waals surface area contributed by atoms with Crippen LogP contribution in [0.4, 0.5) is 0 Å². The molecule has 0 fully saturated rings. The largest absolute Gasteiger partial charge is 0.480 e. The minimum absolute atomic E-state index is 0.532. The summed E-state index contributed by atoms with van der Waals surface area (Å²) in [5, 5.41) is 8.88.